The van der Waals surface area contributed by atoms with E-state index in [1.165, 1.54) is 18.9 Å². The minimum atomic E-state index is -0.392. The number of nitrogen functional groups attached to an aromatic ring is 1. The Morgan fingerprint density at radius 3 is 2.74 bits per heavy atom. The third-order valence-electron chi connectivity index (χ3n) is 2.92. The molecule has 0 saturated carbocycles. The zero-order valence-electron chi connectivity index (χ0n) is 13.0. The molecule has 0 fully saturated rings. The number of rotatable bonds is 5. The lowest BCUT2D eigenvalue weighted by Crippen LogP contribution is -2.22. The fourth-order valence-corrected chi connectivity index (χ4v) is 2.91. The number of amides is 1. The number of nitrogens with one attached hydrogen (secondary N) is 1. The fraction of sp³-hybridized carbons (Fsp3) is 0.267. The second-order valence-electron chi connectivity index (χ2n) is 4.82. The number of carbonyl (C=O) groups excluding carboxylic acids is 1. The molecule has 0 bridgehead atoms. The summed E-state index contributed by atoms with van der Waals surface area (Å²) in [7, 11) is 1.53. The van der Waals surface area contributed by atoms with E-state index >= 15 is 0 Å². The Kier molecular flexibility index (Phi) is 5.68. The number of ether oxygens (including phenoxy) is 1. The summed E-state index contributed by atoms with van der Waals surface area (Å²) in [5, 5.41) is 3.31. The van der Waals surface area contributed by atoms with Crippen molar-refractivity contribution in [2.75, 3.05) is 18.2 Å². The van der Waals surface area contributed by atoms with Crippen LogP contribution < -0.4 is 15.8 Å². The van der Waals surface area contributed by atoms with E-state index in [-0.39, 0.29) is 5.91 Å². The largest absolute Gasteiger partial charge is 0.495 e. The number of hydrogen-bond acceptors (Lipinski definition) is 6. The van der Waals surface area contributed by atoms with Crippen molar-refractivity contribution in [1.82, 2.24) is 9.97 Å². The summed E-state index contributed by atoms with van der Waals surface area (Å²) in [4.78, 5) is 20.6. The number of nitrogens with two attached hydrogens (primary N) is 1. The lowest BCUT2D eigenvalue weighted by atomic mass is 10.3. The highest BCUT2D eigenvalue weighted by atomic mass is 35.5. The van der Waals surface area contributed by atoms with Gasteiger partial charge in [0.05, 0.1) is 17.4 Å². The molecule has 8 heteroatoms. The molecule has 3 N–H and O–H groups in total. The van der Waals surface area contributed by atoms with Crippen LogP contribution >= 0.6 is 23.4 Å². The SMILES string of the molecule is COc1ccc(NC(=O)C(C)Sc2nc(C)cc(N)n2)cc1Cl. The molecule has 1 atom stereocenters. The van der Waals surface area contributed by atoms with Gasteiger partial charge in [-0.15, -0.1) is 0 Å². The van der Waals surface area contributed by atoms with Crippen LogP contribution in [-0.4, -0.2) is 28.2 Å². The molecule has 0 aliphatic carbocycles. The third-order valence-corrected chi connectivity index (χ3v) is 4.18. The topological polar surface area (TPSA) is 90.1 Å². The van der Waals surface area contributed by atoms with E-state index in [9.17, 15) is 4.79 Å². The van der Waals surface area contributed by atoms with Crippen LogP contribution in [0.25, 0.3) is 0 Å². The average molecular weight is 353 g/mol. The van der Waals surface area contributed by atoms with Crippen LogP contribution in [0, 0.1) is 6.92 Å². The standard InChI is InChI=1S/C15H17ClN4O2S/c1-8-6-13(17)20-15(18-8)23-9(2)14(21)19-10-4-5-12(22-3)11(16)7-10/h4-7,9H,1-3H3,(H,19,21)(H2,17,18,20). The van der Waals surface area contributed by atoms with Gasteiger partial charge in [0.2, 0.25) is 5.91 Å². The first-order valence-electron chi connectivity index (χ1n) is 6.81. The van der Waals surface area contributed by atoms with Gasteiger partial charge in [0, 0.05) is 17.4 Å². The molecule has 2 aromatic rings. The van der Waals surface area contributed by atoms with Gasteiger partial charge >= 0.3 is 0 Å². The van der Waals surface area contributed by atoms with E-state index in [1.54, 1.807) is 31.2 Å². The molecule has 1 aromatic carbocycles. The van der Waals surface area contributed by atoms with E-state index in [4.69, 9.17) is 22.1 Å². The van der Waals surface area contributed by atoms with Crippen molar-refractivity contribution in [2.24, 2.45) is 0 Å². The van der Waals surface area contributed by atoms with Gasteiger partial charge in [0.1, 0.15) is 11.6 Å². The summed E-state index contributed by atoms with van der Waals surface area (Å²) in [5.41, 5.74) is 7.04. The van der Waals surface area contributed by atoms with Crippen LogP contribution in [0.15, 0.2) is 29.4 Å². The minimum absolute atomic E-state index is 0.181. The van der Waals surface area contributed by atoms with Crippen molar-refractivity contribution in [3.8, 4) is 5.75 Å². The number of anilines is 2. The Morgan fingerprint density at radius 2 is 2.13 bits per heavy atom. The summed E-state index contributed by atoms with van der Waals surface area (Å²) >= 11 is 7.28. The normalized spacial score (nSPS) is 11.8. The maximum absolute atomic E-state index is 12.3. The van der Waals surface area contributed by atoms with Crippen molar-refractivity contribution in [1.29, 1.82) is 0 Å². The number of carbonyl (C=O) groups is 1. The smallest absolute Gasteiger partial charge is 0.237 e. The molecule has 0 radical (unpaired) electrons. The number of aromatic nitrogens is 2. The van der Waals surface area contributed by atoms with Crippen LogP contribution in [-0.2, 0) is 4.79 Å². The molecule has 6 nitrogen and oxygen atoms in total. The van der Waals surface area contributed by atoms with Crippen LogP contribution in [0.2, 0.25) is 5.02 Å². The van der Waals surface area contributed by atoms with E-state index in [1.807, 2.05) is 6.92 Å². The predicted octanol–water partition coefficient (Wildman–Crippen LogP) is 3.15. The Morgan fingerprint density at radius 1 is 1.39 bits per heavy atom. The molecule has 0 saturated heterocycles. The number of benzene rings is 1. The minimum Gasteiger partial charge on any atom is -0.495 e. The van der Waals surface area contributed by atoms with Gasteiger partial charge in [-0.1, -0.05) is 23.4 Å². The summed E-state index contributed by atoms with van der Waals surface area (Å²) in [5.74, 6) is 0.755. The Bertz CT molecular complexity index is 706. The Hall–Kier alpha value is -1.99. The van der Waals surface area contributed by atoms with E-state index < -0.39 is 5.25 Å². The first-order valence-corrected chi connectivity index (χ1v) is 8.07. The van der Waals surface area contributed by atoms with Gasteiger partial charge in [0.25, 0.3) is 0 Å². The molecule has 1 amide bonds. The van der Waals surface area contributed by atoms with Gasteiger partial charge in [-0.3, -0.25) is 4.79 Å². The first kappa shape index (κ1) is 17.4. The number of nitrogens with zero attached hydrogens (tertiary/aromatic N) is 2. The number of hydrogen-bond donors (Lipinski definition) is 2. The third kappa shape index (κ3) is 4.74. The molecule has 23 heavy (non-hydrogen) atoms. The van der Waals surface area contributed by atoms with Gasteiger partial charge in [-0.2, -0.15) is 0 Å². The highest BCUT2D eigenvalue weighted by Crippen LogP contribution is 2.28. The van der Waals surface area contributed by atoms with E-state index in [0.29, 0.717) is 27.4 Å². The van der Waals surface area contributed by atoms with Crippen LogP contribution in [0.3, 0.4) is 0 Å². The van der Waals surface area contributed by atoms with Crippen molar-refractivity contribution >= 4 is 40.8 Å². The van der Waals surface area contributed by atoms with E-state index in [2.05, 4.69) is 15.3 Å². The van der Waals surface area contributed by atoms with Crippen molar-refractivity contribution < 1.29 is 9.53 Å². The monoisotopic (exact) mass is 352 g/mol. The van der Waals surface area contributed by atoms with Gasteiger partial charge < -0.3 is 15.8 Å². The van der Waals surface area contributed by atoms with Gasteiger partial charge in [-0.05, 0) is 32.0 Å². The maximum Gasteiger partial charge on any atom is 0.237 e. The Labute approximate surface area is 143 Å². The zero-order valence-corrected chi connectivity index (χ0v) is 14.5. The lowest BCUT2D eigenvalue weighted by Gasteiger charge is -2.12. The molecule has 0 aliphatic rings. The summed E-state index contributed by atoms with van der Waals surface area (Å²) < 4.78 is 5.08. The molecule has 0 spiro atoms. The fourth-order valence-electron chi connectivity index (χ4n) is 1.82. The number of aryl methyl sites for hydroxylation is 1. The maximum atomic E-state index is 12.3. The molecular weight excluding hydrogens is 336 g/mol. The van der Waals surface area contributed by atoms with Crippen LogP contribution in [0.4, 0.5) is 11.5 Å². The molecule has 1 aromatic heterocycles. The number of halogens is 1. The first-order chi connectivity index (χ1) is 10.9. The molecular formula is C15H17ClN4O2S. The van der Waals surface area contributed by atoms with E-state index in [0.717, 1.165) is 5.69 Å². The number of methoxy groups -OCH3 is 1. The summed E-state index contributed by atoms with van der Waals surface area (Å²) in [6, 6.07) is 6.73. The summed E-state index contributed by atoms with van der Waals surface area (Å²) in [6.45, 7) is 3.60. The molecule has 0 aliphatic heterocycles. The van der Waals surface area contributed by atoms with Crippen LogP contribution in [0.1, 0.15) is 12.6 Å². The molecule has 1 heterocycles. The second-order valence-corrected chi connectivity index (χ2v) is 6.53. The highest BCUT2D eigenvalue weighted by molar-refractivity contribution is 8.00. The van der Waals surface area contributed by atoms with Crippen LogP contribution in [0.5, 0.6) is 5.75 Å². The van der Waals surface area contributed by atoms with Gasteiger partial charge in [0.15, 0.2) is 5.16 Å². The van der Waals surface area contributed by atoms with Crippen molar-refractivity contribution in [2.45, 2.75) is 24.3 Å². The molecule has 2 rings (SSSR count). The van der Waals surface area contributed by atoms with Crippen molar-refractivity contribution in [3.05, 3.63) is 35.0 Å². The Balaban J connectivity index is 2.03. The second kappa shape index (κ2) is 7.52. The predicted molar refractivity (Wildman–Crippen MR) is 93.1 cm³/mol. The quantitative estimate of drug-likeness (QED) is 0.634. The summed E-state index contributed by atoms with van der Waals surface area (Å²) in [6.07, 6.45) is 0. The van der Waals surface area contributed by atoms with Gasteiger partial charge in [-0.25, -0.2) is 9.97 Å². The molecule has 122 valence electrons. The lowest BCUT2D eigenvalue weighted by molar-refractivity contribution is -0.115. The average Bonchev–Trinajstić information content (AvgIpc) is 2.46. The molecule has 1 unspecified atom stereocenters. The van der Waals surface area contributed by atoms with Crippen molar-refractivity contribution in [3.63, 3.8) is 0 Å². The zero-order chi connectivity index (χ0) is 17.0. The highest BCUT2D eigenvalue weighted by Gasteiger charge is 2.17. The number of thioether (sulfide) groups is 1.